The Labute approximate surface area is 176 Å². The average Bonchev–Trinajstić information content (AvgIpc) is 3.40. The number of amides is 1. The van der Waals surface area contributed by atoms with Crippen LogP contribution in [0.4, 0.5) is 4.39 Å². The molecule has 30 heavy (non-hydrogen) atoms. The van der Waals surface area contributed by atoms with Gasteiger partial charge in [-0.2, -0.15) is 0 Å². The highest BCUT2D eigenvalue weighted by atomic mass is 35.5. The van der Waals surface area contributed by atoms with Crippen LogP contribution >= 0.6 is 11.6 Å². The first kappa shape index (κ1) is 19.8. The van der Waals surface area contributed by atoms with Gasteiger partial charge in [-0.1, -0.05) is 23.7 Å². The normalized spacial score (nSPS) is 11.6. The molecule has 2 N–H and O–H groups in total. The van der Waals surface area contributed by atoms with Crippen molar-refractivity contribution in [1.29, 1.82) is 0 Å². The van der Waals surface area contributed by atoms with E-state index in [2.05, 4.69) is 15.2 Å². The number of hydrogen-bond acceptors (Lipinski definition) is 4. The Balaban J connectivity index is 1.79. The smallest absolute Gasteiger partial charge is 0.265 e. The van der Waals surface area contributed by atoms with Crippen molar-refractivity contribution in [2.24, 2.45) is 5.73 Å². The van der Waals surface area contributed by atoms with Crippen molar-refractivity contribution in [2.45, 2.75) is 19.4 Å². The lowest BCUT2D eigenvalue weighted by atomic mass is 9.93. The van der Waals surface area contributed by atoms with E-state index >= 15 is 0 Å². The standard InChI is InChI=1S/C21H18ClFN6O/c1-21(2,13-8-9-15(23)14(22)11-13)29-12-25-27-20(29)16-5-3-7-18(26-16)28-10-4-6-17(28)19(24)30/h3-12H,1-2H3,(H2,24,30). The van der Waals surface area contributed by atoms with Gasteiger partial charge in [-0.3, -0.25) is 9.36 Å². The van der Waals surface area contributed by atoms with Crippen LogP contribution in [0.2, 0.25) is 5.02 Å². The van der Waals surface area contributed by atoms with E-state index in [1.54, 1.807) is 53.5 Å². The van der Waals surface area contributed by atoms with Gasteiger partial charge in [-0.05, 0) is 55.8 Å². The van der Waals surface area contributed by atoms with Crippen molar-refractivity contribution >= 4 is 17.5 Å². The molecule has 7 nitrogen and oxygen atoms in total. The lowest BCUT2D eigenvalue weighted by Gasteiger charge is -2.28. The summed E-state index contributed by atoms with van der Waals surface area (Å²) in [5.41, 5.74) is 6.46. The summed E-state index contributed by atoms with van der Waals surface area (Å²) in [4.78, 5) is 16.3. The summed E-state index contributed by atoms with van der Waals surface area (Å²) in [6, 6.07) is 13.3. The van der Waals surface area contributed by atoms with Gasteiger partial charge in [0, 0.05) is 6.20 Å². The van der Waals surface area contributed by atoms with Gasteiger partial charge >= 0.3 is 0 Å². The lowest BCUT2D eigenvalue weighted by molar-refractivity contribution is 0.0994. The molecule has 0 aliphatic heterocycles. The van der Waals surface area contributed by atoms with Crippen molar-refractivity contribution in [3.63, 3.8) is 0 Å². The molecule has 0 spiro atoms. The molecule has 0 atom stereocenters. The number of carbonyl (C=O) groups is 1. The molecule has 0 aliphatic rings. The number of nitrogens with two attached hydrogens (primary N) is 1. The molecule has 0 fully saturated rings. The van der Waals surface area contributed by atoms with Crippen molar-refractivity contribution in [3.8, 4) is 17.3 Å². The molecular weight excluding hydrogens is 407 g/mol. The number of carbonyl (C=O) groups excluding carboxylic acids is 1. The molecule has 3 aromatic heterocycles. The first-order valence-corrected chi connectivity index (χ1v) is 9.48. The second-order valence-electron chi connectivity index (χ2n) is 7.22. The zero-order chi connectivity index (χ0) is 21.5. The predicted molar refractivity (Wildman–Crippen MR) is 111 cm³/mol. The van der Waals surface area contributed by atoms with Crippen LogP contribution in [0.25, 0.3) is 17.3 Å². The largest absolute Gasteiger partial charge is 0.364 e. The zero-order valence-electron chi connectivity index (χ0n) is 16.3. The van der Waals surface area contributed by atoms with Crippen LogP contribution < -0.4 is 5.73 Å². The number of rotatable bonds is 5. The molecule has 0 aliphatic carbocycles. The fourth-order valence-electron chi connectivity index (χ4n) is 3.30. The first-order valence-electron chi connectivity index (χ1n) is 9.10. The predicted octanol–water partition coefficient (Wildman–Crippen LogP) is 3.81. The third-order valence-electron chi connectivity index (χ3n) is 4.99. The average molecular weight is 425 g/mol. The maximum absolute atomic E-state index is 13.6. The molecule has 0 radical (unpaired) electrons. The molecule has 0 saturated heterocycles. The molecule has 0 bridgehead atoms. The van der Waals surface area contributed by atoms with E-state index in [1.165, 1.54) is 6.07 Å². The van der Waals surface area contributed by atoms with Crippen molar-refractivity contribution in [1.82, 2.24) is 24.3 Å². The van der Waals surface area contributed by atoms with Gasteiger partial charge in [0.2, 0.25) is 0 Å². The summed E-state index contributed by atoms with van der Waals surface area (Å²) in [7, 11) is 0. The number of hydrogen-bond donors (Lipinski definition) is 1. The number of benzene rings is 1. The van der Waals surface area contributed by atoms with Gasteiger partial charge < -0.3 is 10.3 Å². The SMILES string of the molecule is CC(C)(c1ccc(F)c(Cl)c1)n1cnnc1-c1cccc(-n2cccc2C(N)=O)n1. The molecule has 0 unspecified atom stereocenters. The van der Waals surface area contributed by atoms with Gasteiger partial charge in [0.15, 0.2) is 5.82 Å². The molecule has 0 saturated carbocycles. The van der Waals surface area contributed by atoms with Crippen molar-refractivity contribution in [3.05, 3.63) is 83.2 Å². The Kier molecular flexibility index (Phi) is 4.87. The summed E-state index contributed by atoms with van der Waals surface area (Å²) in [5, 5.41) is 8.34. The summed E-state index contributed by atoms with van der Waals surface area (Å²) in [6.07, 6.45) is 3.30. The quantitative estimate of drug-likeness (QED) is 0.527. The van der Waals surface area contributed by atoms with E-state index in [-0.39, 0.29) is 5.02 Å². The number of primary amides is 1. The van der Waals surface area contributed by atoms with Crippen LogP contribution in [-0.4, -0.2) is 30.2 Å². The fourth-order valence-corrected chi connectivity index (χ4v) is 3.48. The van der Waals surface area contributed by atoms with E-state index in [4.69, 9.17) is 17.3 Å². The molecule has 1 amide bonds. The minimum atomic E-state index is -0.639. The van der Waals surface area contributed by atoms with E-state index in [1.807, 2.05) is 24.5 Å². The first-order chi connectivity index (χ1) is 14.3. The highest BCUT2D eigenvalue weighted by Gasteiger charge is 2.28. The van der Waals surface area contributed by atoms with Gasteiger partial charge in [0.25, 0.3) is 5.91 Å². The number of aromatic nitrogens is 5. The molecular formula is C21H18ClFN6O. The molecule has 3 heterocycles. The Morgan fingerprint density at radius 2 is 1.97 bits per heavy atom. The second kappa shape index (κ2) is 7.38. The second-order valence-corrected chi connectivity index (χ2v) is 7.63. The van der Waals surface area contributed by atoms with E-state index in [0.717, 1.165) is 5.56 Å². The van der Waals surface area contributed by atoms with Crippen LogP contribution in [0, 0.1) is 5.82 Å². The Hall–Kier alpha value is -3.52. The van der Waals surface area contributed by atoms with Gasteiger partial charge in [-0.15, -0.1) is 10.2 Å². The van der Waals surface area contributed by atoms with Crippen LogP contribution in [0.1, 0.15) is 29.9 Å². The maximum Gasteiger partial charge on any atom is 0.265 e. The monoisotopic (exact) mass is 424 g/mol. The lowest BCUT2D eigenvalue weighted by Crippen LogP contribution is -2.28. The van der Waals surface area contributed by atoms with E-state index < -0.39 is 17.3 Å². The van der Waals surface area contributed by atoms with Crippen molar-refractivity contribution < 1.29 is 9.18 Å². The molecule has 4 rings (SSSR count). The van der Waals surface area contributed by atoms with Crippen LogP contribution in [-0.2, 0) is 5.54 Å². The highest BCUT2D eigenvalue weighted by Crippen LogP contribution is 2.32. The zero-order valence-corrected chi connectivity index (χ0v) is 17.0. The minimum absolute atomic E-state index is 0.0434. The topological polar surface area (TPSA) is 91.6 Å². The van der Waals surface area contributed by atoms with E-state index in [9.17, 15) is 9.18 Å². The third-order valence-corrected chi connectivity index (χ3v) is 5.28. The Morgan fingerprint density at radius 3 is 2.70 bits per heavy atom. The maximum atomic E-state index is 13.6. The van der Waals surface area contributed by atoms with Gasteiger partial charge in [0.05, 0.1) is 10.6 Å². The summed E-state index contributed by atoms with van der Waals surface area (Å²) >= 11 is 5.99. The summed E-state index contributed by atoms with van der Waals surface area (Å²) < 4.78 is 17.1. The minimum Gasteiger partial charge on any atom is -0.364 e. The Morgan fingerprint density at radius 1 is 1.17 bits per heavy atom. The summed E-state index contributed by atoms with van der Waals surface area (Å²) in [6.45, 7) is 3.90. The van der Waals surface area contributed by atoms with Crippen LogP contribution in [0.5, 0.6) is 0 Å². The van der Waals surface area contributed by atoms with Crippen LogP contribution in [0.3, 0.4) is 0 Å². The Bertz CT molecular complexity index is 1250. The fraction of sp³-hybridized carbons (Fsp3) is 0.143. The van der Waals surface area contributed by atoms with Gasteiger partial charge in [-0.25, -0.2) is 9.37 Å². The number of nitrogens with zero attached hydrogens (tertiary/aromatic N) is 5. The molecule has 1 aromatic carbocycles. The number of pyridine rings is 1. The molecule has 4 aromatic rings. The highest BCUT2D eigenvalue weighted by molar-refractivity contribution is 6.30. The van der Waals surface area contributed by atoms with Crippen LogP contribution in [0.15, 0.2) is 61.1 Å². The van der Waals surface area contributed by atoms with E-state index in [0.29, 0.717) is 23.0 Å². The van der Waals surface area contributed by atoms with Gasteiger partial charge in [0.1, 0.15) is 29.4 Å². The molecule has 152 valence electrons. The molecule has 9 heteroatoms. The summed E-state index contributed by atoms with van der Waals surface area (Å²) in [5.74, 6) is -0.00482. The van der Waals surface area contributed by atoms with Crippen molar-refractivity contribution in [2.75, 3.05) is 0 Å². The third kappa shape index (κ3) is 3.35. The number of halogens is 2.